The van der Waals surface area contributed by atoms with Crippen LogP contribution in [0.5, 0.6) is 5.75 Å². The van der Waals surface area contributed by atoms with Gasteiger partial charge in [-0.15, -0.1) is 0 Å². The van der Waals surface area contributed by atoms with E-state index < -0.39 is 0 Å². The fraction of sp³-hybridized carbons (Fsp3) is 0.125. The van der Waals surface area contributed by atoms with Gasteiger partial charge in [-0.2, -0.15) is 0 Å². The van der Waals surface area contributed by atoms with E-state index in [1.807, 2.05) is 18.2 Å². The first-order valence-electron chi connectivity index (χ1n) is 3.21. The Kier molecular flexibility index (Phi) is 1.28. The highest BCUT2D eigenvalue weighted by Gasteiger charge is 2.03. The second kappa shape index (κ2) is 2.27. The SMILES string of the molecule is COc1cccc2o[c]nc12. The third-order valence-electron chi connectivity index (χ3n) is 1.49. The van der Waals surface area contributed by atoms with Crippen LogP contribution in [0.25, 0.3) is 11.1 Å². The molecule has 2 rings (SSSR count). The molecule has 3 heteroatoms. The molecule has 0 N–H and O–H groups in total. The highest BCUT2D eigenvalue weighted by molar-refractivity contribution is 5.78. The van der Waals surface area contributed by atoms with Crippen LogP contribution >= 0.6 is 0 Å². The summed E-state index contributed by atoms with van der Waals surface area (Å²) in [6.45, 7) is 0. The van der Waals surface area contributed by atoms with E-state index in [4.69, 9.17) is 9.15 Å². The average molecular weight is 148 g/mol. The molecule has 0 spiro atoms. The molecule has 0 aliphatic carbocycles. The minimum absolute atomic E-state index is 0.698. The van der Waals surface area contributed by atoms with Gasteiger partial charge in [0.05, 0.1) is 7.11 Å². The molecule has 0 amide bonds. The molecule has 0 fully saturated rings. The number of ether oxygens (including phenoxy) is 1. The van der Waals surface area contributed by atoms with Crippen LogP contribution < -0.4 is 4.74 Å². The second-order valence-electron chi connectivity index (χ2n) is 2.11. The lowest BCUT2D eigenvalue weighted by Crippen LogP contribution is -1.82. The van der Waals surface area contributed by atoms with Gasteiger partial charge in [-0.25, -0.2) is 4.98 Å². The number of hydrogen-bond donors (Lipinski definition) is 0. The molecule has 0 atom stereocenters. The molecule has 0 saturated heterocycles. The largest absolute Gasteiger partial charge is 0.494 e. The summed E-state index contributed by atoms with van der Waals surface area (Å²) in [7, 11) is 1.60. The normalized spacial score (nSPS) is 10.3. The first-order valence-corrected chi connectivity index (χ1v) is 3.21. The van der Waals surface area contributed by atoms with Crippen LogP contribution in [0.4, 0.5) is 0 Å². The number of fused-ring (bicyclic) bond motifs is 1. The predicted molar refractivity (Wildman–Crippen MR) is 39.4 cm³/mol. The Morgan fingerprint density at radius 3 is 3.27 bits per heavy atom. The van der Waals surface area contributed by atoms with E-state index in [1.54, 1.807) is 7.11 Å². The van der Waals surface area contributed by atoms with Gasteiger partial charge < -0.3 is 9.15 Å². The van der Waals surface area contributed by atoms with Gasteiger partial charge in [0.15, 0.2) is 11.1 Å². The van der Waals surface area contributed by atoms with Crippen LogP contribution in [-0.4, -0.2) is 12.1 Å². The van der Waals surface area contributed by atoms with Gasteiger partial charge in [-0.3, -0.25) is 0 Å². The van der Waals surface area contributed by atoms with Crippen molar-refractivity contribution in [2.45, 2.75) is 0 Å². The Balaban J connectivity index is 2.79. The maximum Gasteiger partial charge on any atom is 0.284 e. The standard InChI is InChI=1S/C8H6NO2/c1-10-6-3-2-4-7-8(6)9-5-11-7/h2-4H,1H3. The van der Waals surface area contributed by atoms with E-state index >= 15 is 0 Å². The number of rotatable bonds is 1. The Morgan fingerprint density at radius 1 is 1.55 bits per heavy atom. The van der Waals surface area contributed by atoms with E-state index in [9.17, 15) is 0 Å². The Labute approximate surface area is 63.6 Å². The molecule has 11 heavy (non-hydrogen) atoms. The summed E-state index contributed by atoms with van der Waals surface area (Å²) in [5.74, 6) is 0.715. The first kappa shape index (κ1) is 6.22. The summed E-state index contributed by atoms with van der Waals surface area (Å²) in [5.41, 5.74) is 1.42. The van der Waals surface area contributed by atoms with Crippen LogP contribution in [0.2, 0.25) is 0 Å². The van der Waals surface area contributed by atoms with E-state index in [2.05, 4.69) is 11.4 Å². The van der Waals surface area contributed by atoms with Gasteiger partial charge >= 0.3 is 0 Å². The molecule has 2 aromatic rings. The summed E-state index contributed by atoms with van der Waals surface area (Å²) in [6, 6.07) is 5.50. The molecular formula is C8H6NO2. The number of nitrogens with zero attached hydrogens (tertiary/aromatic N) is 1. The van der Waals surface area contributed by atoms with Crippen LogP contribution in [0.1, 0.15) is 0 Å². The maximum absolute atomic E-state index is 5.04. The van der Waals surface area contributed by atoms with Crippen molar-refractivity contribution in [3.05, 3.63) is 24.6 Å². The van der Waals surface area contributed by atoms with E-state index in [0.29, 0.717) is 11.3 Å². The molecule has 1 radical (unpaired) electrons. The lowest BCUT2D eigenvalue weighted by Gasteiger charge is -1.96. The van der Waals surface area contributed by atoms with E-state index in [-0.39, 0.29) is 0 Å². The van der Waals surface area contributed by atoms with Gasteiger partial charge in [-0.1, -0.05) is 6.07 Å². The van der Waals surface area contributed by atoms with Crippen LogP contribution in [-0.2, 0) is 0 Å². The van der Waals surface area contributed by atoms with Gasteiger partial charge in [-0.05, 0) is 12.1 Å². The molecule has 0 saturated carbocycles. The summed E-state index contributed by atoms with van der Waals surface area (Å²) in [6.07, 6.45) is 2.41. The van der Waals surface area contributed by atoms with Crippen molar-refractivity contribution >= 4 is 11.1 Å². The molecule has 0 aliphatic heterocycles. The summed E-state index contributed by atoms with van der Waals surface area (Å²) in [4.78, 5) is 3.87. The quantitative estimate of drug-likeness (QED) is 0.616. The lowest BCUT2D eigenvalue weighted by molar-refractivity contribution is 0.419. The zero-order valence-electron chi connectivity index (χ0n) is 6.00. The predicted octanol–water partition coefficient (Wildman–Crippen LogP) is 1.64. The third-order valence-corrected chi connectivity index (χ3v) is 1.49. The zero-order valence-corrected chi connectivity index (χ0v) is 6.00. The van der Waals surface area contributed by atoms with Crippen molar-refractivity contribution in [1.82, 2.24) is 4.98 Å². The molecule has 1 heterocycles. The number of para-hydroxylation sites is 1. The van der Waals surface area contributed by atoms with Crippen LogP contribution in [0.3, 0.4) is 0 Å². The van der Waals surface area contributed by atoms with Gasteiger partial charge in [0.2, 0.25) is 0 Å². The number of aromatic nitrogens is 1. The van der Waals surface area contributed by atoms with Crippen molar-refractivity contribution in [3.8, 4) is 5.75 Å². The number of hydrogen-bond acceptors (Lipinski definition) is 3. The minimum atomic E-state index is 0.698. The molecule has 0 bridgehead atoms. The average Bonchev–Trinajstić information content (AvgIpc) is 2.50. The number of oxazole rings is 1. The molecule has 1 aromatic carbocycles. The third kappa shape index (κ3) is 0.852. The van der Waals surface area contributed by atoms with Crippen molar-refractivity contribution in [1.29, 1.82) is 0 Å². The Bertz CT molecular complexity index is 367. The van der Waals surface area contributed by atoms with Gasteiger partial charge in [0.25, 0.3) is 6.39 Å². The highest BCUT2D eigenvalue weighted by atomic mass is 16.5. The second-order valence-corrected chi connectivity index (χ2v) is 2.11. The molecule has 0 aliphatic rings. The molecule has 0 unspecified atom stereocenters. The van der Waals surface area contributed by atoms with Crippen LogP contribution in [0, 0.1) is 6.39 Å². The monoisotopic (exact) mass is 148 g/mol. The van der Waals surface area contributed by atoms with E-state index in [0.717, 1.165) is 5.52 Å². The van der Waals surface area contributed by atoms with Crippen LogP contribution in [0.15, 0.2) is 22.6 Å². The molecule has 3 nitrogen and oxygen atoms in total. The smallest absolute Gasteiger partial charge is 0.284 e. The van der Waals surface area contributed by atoms with Crippen molar-refractivity contribution in [3.63, 3.8) is 0 Å². The van der Waals surface area contributed by atoms with Crippen molar-refractivity contribution in [2.75, 3.05) is 7.11 Å². The maximum atomic E-state index is 5.04. The summed E-state index contributed by atoms with van der Waals surface area (Å²) in [5, 5.41) is 0. The highest BCUT2D eigenvalue weighted by Crippen LogP contribution is 2.22. The lowest BCUT2D eigenvalue weighted by atomic mass is 10.3. The minimum Gasteiger partial charge on any atom is -0.494 e. The van der Waals surface area contributed by atoms with Crippen molar-refractivity contribution in [2.24, 2.45) is 0 Å². The Hall–Kier alpha value is -1.51. The Morgan fingerprint density at radius 2 is 2.45 bits per heavy atom. The summed E-state index contributed by atoms with van der Waals surface area (Å²) < 4.78 is 9.99. The first-order chi connectivity index (χ1) is 5.42. The molecule has 55 valence electrons. The van der Waals surface area contributed by atoms with Crippen molar-refractivity contribution < 1.29 is 9.15 Å². The number of methoxy groups -OCH3 is 1. The number of benzene rings is 1. The zero-order chi connectivity index (χ0) is 7.68. The van der Waals surface area contributed by atoms with Gasteiger partial charge in [0, 0.05) is 0 Å². The molecular weight excluding hydrogens is 142 g/mol. The fourth-order valence-corrected chi connectivity index (χ4v) is 0.977. The summed E-state index contributed by atoms with van der Waals surface area (Å²) >= 11 is 0. The molecule has 1 aromatic heterocycles. The fourth-order valence-electron chi connectivity index (χ4n) is 0.977. The van der Waals surface area contributed by atoms with Gasteiger partial charge in [0.1, 0.15) is 5.75 Å². The topological polar surface area (TPSA) is 35.3 Å². The van der Waals surface area contributed by atoms with E-state index in [1.165, 1.54) is 0 Å².